The molecule has 19 heavy (non-hydrogen) atoms. The van der Waals surface area contributed by atoms with Gasteiger partial charge < -0.3 is 11.1 Å². The lowest BCUT2D eigenvalue weighted by molar-refractivity contribution is 0.370. The molecule has 1 unspecified atom stereocenters. The largest absolute Gasteiger partial charge is 0.330 e. The highest BCUT2D eigenvalue weighted by atomic mass is 14.9. The Bertz CT molecular complexity index is 341. The molecule has 108 valence electrons. The van der Waals surface area contributed by atoms with Crippen LogP contribution in [0.25, 0.3) is 0 Å². The summed E-state index contributed by atoms with van der Waals surface area (Å²) in [5.41, 5.74) is 8.56. The van der Waals surface area contributed by atoms with Gasteiger partial charge in [0, 0.05) is 6.54 Å². The number of nitrogens with two attached hydrogens (primary N) is 1. The molecule has 0 aliphatic rings. The second kappa shape index (κ2) is 8.34. The number of hydrogen-bond acceptors (Lipinski definition) is 2. The lowest BCUT2D eigenvalue weighted by Gasteiger charge is -2.19. The van der Waals surface area contributed by atoms with Gasteiger partial charge in [-0.3, -0.25) is 0 Å². The van der Waals surface area contributed by atoms with E-state index < -0.39 is 0 Å². The zero-order valence-corrected chi connectivity index (χ0v) is 12.9. The van der Waals surface area contributed by atoms with Crippen LogP contribution in [0.1, 0.15) is 38.8 Å². The molecule has 3 N–H and O–H groups in total. The Kier molecular flexibility index (Phi) is 7.11. The normalized spacial score (nSPS) is 13.2. The summed E-state index contributed by atoms with van der Waals surface area (Å²) in [6.07, 6.45) is 1.16. The minimum Gasteiger partial charge on any atom is -0.330 e. The van der Waals surface area contributed by atoms with Crippen LogP contribution >= 0.6 is 0 Å². The summed E-state index contributed by atoms with van der Waals surface area (Å²) in [6, 6.07) is 8.97. The van der Waals surface area contributed by atoms with Gasteiger partial charge >= 0.3 is 0 Å². The monoisotopic (exact) mass is 262 g/mol. The summed E-state index contributed by atoms with van der Waals surface area (Å²) < 4.78 is 0. The molecule has 1 aromatic carbocycles. The molecule has 1 rings (SSSR count). The summed E-state index contributed by atoms with van der Waals surface area (Å²) >= 11 is 0. The lowest BCUT2D eigenvalue weighted by Crippen LogP contribution is -2.31. The summed E-state index contributed by atoms with van der Waals surface area (Å²) in [5.74, 6) is 1.94. The van der Waals surface area contributed by atoms with E-state index in [0.29, 0.717) is 11.8 Å². The molecule has 2 heteroatoms. The molecule has 0 aliphatic carbocycles. The maximum Gasteiger partial charge on any atom is 0.0205 e. The van der Waals surface area contributed by atoms with Crippen LogP contribution < -0.4 is 11.1 Å². The maximum atomic E-state index is 5.78. The van der Waals surface area contributed by atoms with Crippen molar-refractivity contribution < 1.29 is 0 Å². The van der Waals surface area contributed by atoms with Gasteiger partial charge in [0.15, 0.2) is 0 Å². The van der Waals surface area contributed by atoms with Crippen molar-refractivity contribution in [3.63, 3.8) is 0 Å². The molecule has 0 fully saturated rings. The molecule has 0 amide bonds. The highest BCUT2D eigenvalue weighted by Crippen LogP contribution is 2.11. The van der Waals surface area contributed by atoms with Crippen LogP contribution in [0.15, 0.2) is 24.3 Å². The summed E-state index contributed by atoms with van der Waals surface area (Å²) in [4.78, 5) is 0. The quantitative estimate of drug-likeness (QED) is 0.755. The lowest BCUT2D eigenvalue weighted by atomic mass is 9.96. The second-order valence-corrected chi connectivity index (χ2v) is 6.29. The van der Waals surface area contributed by atoms with Gasteiger partial charge in [-0.1, -0.05) is 52.0 Å². The molecule has 0 heterocycles. The van der Waals surface area contributed by atoms with Crippen molar-refractivity contribution in [2.75, 3.05) is 13.1 Å². The fourth-order valence-corrected chi connectivity index (χ4v) is 2.26. The Labute approximate surface area is 118 Å². The predicted molar refractivity (Wildman–Crippen MR) is 84.1 cm³/mol. The van der Waals surface area contributed by atoms with E-state index in [1.54, 1.807) is 0 Å². The third-order valence-corrected chi connectivity index (χ3v) is 3.65. The summed E-state index contributed by atoms with van der Waals surface area (Å²) in [7, 11) is 0. The molecule has 1 aromatic rings. The number of benzene rings is 1. The van der Waals surface area contributed by atoms with Gasteiger partial charge in [0.1, 0.15) is 0 Å². The Hall–Kier alpha value is -0.860. The van der Waals surface area contributed by atoms with Crippen molar-refractivity contribution in [3.8, 4) is 0 Å². The summed E-state index contributed by atoms with van der Waals surface area (Å²) in [5, 5.41) is 3.51. The first-order valence-corrected chi connectivity index (χ1v) is 7.51. The number of rotatable bonds is 8. The van der Waals surface area contributed by atoms with Gasteiger partial charge in [0.25, 0.3) is 0 Å². The highest BCUT2D eigenvalue weighted by Gasteiger charge is 2.10. The van der Waals surface area contributed by atoms with Crippen LogP contribution in [0.5, 0.6) is 0 Å². The topological polar surface area (TPSA) is 38.0 Å². The van der Waals surface area contributed by atoms with Crippen LogP contribution in [-0.2, 0) is 13.0 Å². The van der Waals surface area contributed by atoms with Crippen molar-refractivity contribution in [2.24, 2.45) is 23.5 Å². The van der Waals surface area contributed by atoms with Crippen LogP contribution in [0.4, 0.5) is 0 Å². The fourth-order valence-electron chi connectivity index (χ4n) is 2.26. The van der Waals surface area contributed by atoms with E-state index in [2.05, 4.69) is 57.3 Å². The van der Waals surface area contributed by atoms with E-state index in [0.717, 1.165) is 32.0 Å². The highest BCUT2D eigenvalue weighted by molar-refractivity contribution is 5.22. The maximum absolute atomic E-state index is 5.78. The molecule has 0 bridgehead atoms. The standard InChI is InChI=1S/C17H30N2/c1-13(2)9-15-5-7-16(8-6-15)11-19-12-17(10-18)14(3)4/h5-8,13-14,17,19H,9-12,18H2,1-4H3. The molecule has 0 spiro atoms. The van der Waals surface area contributed by atoms with Crippen LogP contribution in [-0.4, -0.2) is 13.1 Å². The molecular formula is C17H30N2. The Morgan fingerprint density at radius 1 is 1.00 bits per heavy atom. The zero-order chi connectivity index (χ0) is 14.3. The minimum atomic E-state index is 0.570. The zero-order valence-electron chi connectivity index (χ0n) is 12.9. The first-order chi connectivity index (χ1) is 9.02. The summed E-state index contributed by atoms with van der Waals surface area (Å²) in [6.45, 7) is 11.7. The molecule has 1 atom stereocenters. The van der Waals surface area contributed by atoms with Crippen molar-refractivity contribution in [2.45, 2.75) is 40.7 Å². The van der Waals surface area contributed by atoms with E-state index in [-0.39, 0.29) is 0 Å². The van der Waals surface area contributed by atoms with E-state index >= 15 is 0 Å². The molecule has 0 radical (unpaired) electrons. The minimum absolute atomic E-state index is 0.570. The Morgan fingerprint density at radius 3 is 2.05 bits per heavy atom. The van der Waals surface area contributed by atoms with Gasteiger partial charge in [0.05, 0.1) is 0 Å². The van der Waals surface area contributed by atoms with Gasteiger partial charge in [-0.2, -0.15) is 0 Å². The van der Waals surface area contributed by atoms with E-state index in [1.165, 1.54) is 11.1 Å². The van der Waals surface area contributed by atoms with Gasteiger partial charge in [-0.15, -0.1) is 0 Å². The average molecular weight is 262 g/mol. The molecular weight excluding hydrogens is 232 g/mol. The fraction of sp³-hybridized carbons (Fsp3) is 0.647. The molecule has 0 aromatic heterocycles. The smallest absolute Gasteiger partial charge is 0.0205 e. The molecule has 0 saturated heterocycles. The van der Waals surface area contributed by atoms with Crippen molar-refractivity contribution in [1.29, 1.82) is 0 Å². The number of hydrogen-bond donors (Lipinski definition) is 2. The van der Waals surface area contributed by atoms with Gasteiger partial charge in [0.2, 0.25) is 0 Å². The predicted octanol–water partition coefficient (Wildman–Crippen LogP) is 3.21. The van der Waals surface area contributed by atoms with Gasteiger partial charge in [-0.25, -0.2) is 0 Å². The SMILES string of the molecule is CC(C)Cc1ccc(CNCC(CN)C(C)C)cc1. The number of nitrogens with one attached hydrogen (secondary N) is 1. The van der Waals surface area contributed by atoms with Crippen molar-refractivity contribution in [3.05, 3.63) is 35.4 Å². The first kappa shape index (κ1) is 16.2. The van der Waals surface area contributed by atoms with Crippen molar-refractivity contribution >= 4 is 0 Å². The molecule has 0 aliphatic heterocycles. The Morgan fingerprint density at radius 2 is 1.58 bits per heavy atom. The van der Waals surface area contributed by atoms with Crippen molar-refractivity contribution in [1.82, 2.24) is 5.32 Å². The molecule has 2 nitrogen and oxygen atoms in total. The van der Waals surface area contributed by atoms with E-state index in [9.17, 15) is 0 Å². The third kappa shape index (κ3) is 6.22. The van der Waals surface area contributed by atoms with Crippen LogP contribution in [0.3, 0.4) is 0 Å². The Balaban J connectivity index is 2.37. The molecule has 0 saturated carbocycles. The van der Waals surface area contributed by atoms with E-state index in [4.69, 9.17) is 5.73 Å². The first-order valence-electron chi connectivity index (χ1n) is 7.51. The second-order valence-electron chi connectivity index (χ2n) is 6.29. The third-order valence-electron chi connectivity index (χ3n) is 3.65. The van der Waals surface area contributed by atoms with Gasteiger partial charge in [-0.05, 0) is 48.4 Å². The van der Waals surface area contributed by atoms with Crippen LogP contribution in [0.2, 0.25) is 0 Å². The average Bonchev–Trinajstić information content (AvgIpc) is 2.35. The van der Waals surface area contributed by atoms with E-state index in [1.807, 2.05) is 0 Å². The van der Waals surface area contributed by atoms with Crippen LogP contribution in [0, 0.1) is 17.8 Å².